The van der Waals surface area contributed by atoms with Crippen molar-refractivity contribution < 1.29 is 9.59 Å². The average Bonchev–Trinajstić information content (AvgIpc) is 2.50. The quantitative estimate of drug-likeness (QED) is 0.818. The van der Waals surface area contributed by atoms with E-state index in [-0.39, 0.29) is 23.7 Å². The summed E-state index contributed by atoms with van der Waals surface area (Å²) in [6.07, 6.45) is 0.0400. The van der Waals surface area contributed by atoms with Crippen LogP contribution in [0.4, 0.5) is 11.4 Å². The van der Waals surface area contributed by atoms with Crippen LogP contribution in [0.15, 0.2) is 41.4 Å². The highest BCUT2D eigenvalue weighted by atomic mass is 16.1. The van der Waals surface area contributed by atoms with E-state index in [1.807, 2.05) is 26.0 Å². The molecule has 4 heteroatoms. The molecule has 0 saturated heterocycles. The number of Topliss-reactive ketones (excluding diaryl/α,β-unsaturated/α-hetero) is 2. The number of benzene rings is 2. The van der Waals surface area contributed by atoms with Gasteiger partial charge < -0.3 is 5.73 Å². The van der Waals surface area contributed by atoms with Crippen LogP contribution in [0.25, 0.3) is 0 Å². The zero-order valence-electron chi connectivity index (χ0n) is 12.5. The monoisotopic (exact) mass is 292 g/mol. The number of nitrogen functional groups attached to an aromatic ring is 1. The number of rotatable bonds is 1. The van der Waals surface area contributed by atoms with Crippen LogP contribution in [0.1, 0.15) is 38.3 Å². The molecule has 0 fully saturated rings. The van der Waals surface area contributed by atoms with Gasteiger partial charge >= 0.3 is 0 Å². The molecule has 0 aromatic heterocycles. The van der Waals surface area contributed by atoms with Gasteiger partial charge in [0.25, 0.3) is 0 Å². The van der Waals surface area contributed by atoms with Crippen LogP contribution in [0, 0.1) is 13.8 Å². The molecule has 0 spiro atoms. The van der Waals surface area contributed by atoms with Crippen molar-refractivity contribution in [1.29, 1.82) is 0 Å². The van der Waals surface area contributed by atoms with Gasteiger partial charge in [-0.25, -0.2) is 4.99 Å². The lowest BCUT2D eigenvalue weighted by Gasteiger charge is -2.15. The van der Waals surface area contributed by atoms with Crippen LogP contribution >= 0.6 is 0 Å². The molecule has 0 atom stereocenters. The van der Waals surface area contributed by atoms with E-state index in [0.29, 0.717) is 16.8 Å². The molecular formula is C18H16N2O2. The number of hydrogen-bond donors (Lipinski definition) is 1. The fraction of sp³-hybridized carbons (Fsp3) is 0.167. The summed E-state index contributed by atoms with van der Waals surface area (Å²) >= 11 is 0. The number of anilines is 1. The summed E-state index contributed by atoms with van der Waals surface area (Å²) in [5, 5.41) is 0. The molecule has 110 valence electrons. The Morgan fingerprint density at radius 1 is 1.00 bits per heavy atom. The number of nitrogens with two attached hydrogens (primary N) is 1. The molecule has 2 N–H and O–H groups in total. The van der Waals surface area contributed by atoms with Crippen LogP contribution < -0.4 is 5.73 Å². The second-order valence-electron chi connectivity index (χ2n) is 5.53. The van der Waals surface area contributed by atoms with Crippen molar-refractivity contribution in [2.24, 2.45) is 4.99 Å². The SMILES string of the molecule is Cc1cc(N=C2CC(=O)c3ccccc3C2=O)cc(C)c1N. The number of aliphatic imine (C=N–C) groups is 1. The van der Waals surface area contributed by atoms with Crippen LogP contribution in [-0.4, -0.2) is 17.3 Å². The Kier molecular flexibility index (Phi) is 3.37. The summed E-state index contributed by atoms with van der Waals surface area (Å²) in [4.78, 5) is 29.1. The molecule has 0 unspecified atom stereocenters. The van der Waals surface area contributed by atoms with E-state index in [2.05, 4.69) is 4.99 Å². The smallest absolute Gasteiger partial charge is 0.208 e. The summed E-state index contributed by atoms with van der Waals surface area (Å²) in [6, 6.07) is 10.5. The lowest BCUT2D eigenvalue weighted by Crippen LogP contribution is -2.26. The number of nitrogens with zero attached hydrogens (tertiary/aromatic N) is 1. The molecule has 1 aliphatic rings. The van der Waals surface area contributed by atoms with Gasteiger partial charge in [0.1, 0.15) is 0 Å². The predicted molar refractivity (Wildman–Crippen MR) is 87.1 cm³/mol. The summed E-state index contributed by atoms with van der Waals surface area (Å²) in [6.45, 7) is 3.80. The van der Waals surface area contributed by atoms with Gasteiger partial charge in [0.15, 0.2) is 5.78 Å². The molecule has 3 rings (SSSR count). The third-order valence-corrected chi connectivity index (χ3v) is 3.90. The molecule has 2 aromatic carbocycles. The van der Waals surface area contributed by atoms with Gasteiger partial charge in [0.05, 0.1) is 17.8 Å². The van der Waals surface area contributed by atoms with Crippen LogP contribution in [-0.2, 0) is 0 Å². The highest BCUT2D eigenvalue weighted by Crippen LogP contribution is 2.26. The number of aryl methyl sites for hydroxylation is 2. The van der Waals surface area contributed by atoms with Crippen molar-refractivity contribution in [3.05, 3.63) is 58.7 Å². The third kappa shape index (κ3) is 2.33. The average molecular weight is 292 g/mol. The predicted octanol–water partition coefficient (Wildman–Crippen LogP) is 3.43. The first-order chi connectivity index (χ1) is 10.5. The molecule has 0 amide bonds. The molecule has 4 nitrogen and oxygen atoms in total. The molecular weight excluding hydrogens is 276 g/mol. The number of hydrogen-bond acceptors (Lipinski definition) is 4. The highest BCUT2D eigenvalue weighted by molar-refractivity contribution is 6.53. The number of carbonyl (C=O) groups excluding carboxylic acids is 2. The summed E-state index contributed by atoms with van der Waals surface area (Å²) in [5.41, 5.74) is 10.3. The normalized spacial score (nSPS) is 16.0. The summed E-state index contributed by atoms with van der Waals surface area (Å²) in [5.74, 6) is -0.250. The first-order valence-corrected chi connectivity index (χ1v) is 7.08. The van der Waals surface area contributed by atoms with E-state index in [9.17, 15) is 9.59 Å². The molecule has 1 aliphatic carbocycles. The second kappa shape index (κ2) is 5.22. The maximum Gasteiger partial charge on any atom is 0.208 e. The van der Waals surface area contributed by atoms with Crippen molar-refractivity contribution in [1.82, 2.24) is 0 Å². The van der Waals surface area contributed by atoms with E-state index in [1.54, 1.807) is 24.3 Å². The van der Waals surface area contributed by atoms with E-state index >= 15 is 0 Å². The van der Waals surface area contributed by atoms with Crippen LogP contribution in [0.3, 0.4) is 0 Å². The van der Waals surface area contributed by atoms with Gasteiger partial charge in [-0.2, -0.15) is 0 Å². The van der Waals surface area contributed by atoms with Gasteiger partial charge in [-0.3, -0.25) is 9.59 Å². The third-order valence-electron chi connectivity index (χ3n) is 3.90. The molecule has 2 aromatic rings. The minimum Gasteiger partial charge on any atom is -0.398 e. The molecule has 0 heterocycles. The number of fused-ring (bicyclic) bond motifs is 1. The van der Waals surface area contributed by atoms with Gasteiger partial charge in [-0.1, -0.05) is 24.3 Å². The Hall–Kier alpha value is -2.75. The Bertz CT molecular complexity index is 812. The van der Waals surface area contributed by atoms with Crippen molar-refractivity contribution in [3.63, 3.8) is 0 Å². The Morgan fingerprint density at radius 2 is 1.59 bits per heavy atom. The van der Waals surface area contributed by atoms with Crippen molar-refractivity contribution in [2.75, 3.05) is 5.73 Å². The van der Waals surface area contributed by atoms with E-state index in [1.165, 1.54) is 0 Å². The minimum absolute atomic E-state index is 0.0400. The van der Waals surface area contributed by atoms with Crippen LogP contribution in [0.2, 0.25) is 0 Å². The van der Waals surface area contributed by atoms with Gasteiger partial charge in [-0.15, -0.1) is 0 Å². The summed E-state index contributed by atoms with van der Waals surface area (Å²) < 4.78 is 0. The zero-order valence-corrected chi connectivity index (χ0v) is 12.5. The Morgan fingerprint density at radius 3 is 2.23 bits per heavy atom. The topological polar surface area (TPSA) is 72.5 Å². The fourth-order valence-electron chi connectivity index (χ4n) is 2.67. The Balaban J connectivity index is 2.07. The largest absolute Gasteiger partial charge is 0.398 e. The van der Waals surface area contributed by atoms with Crippen molar-refractivity contribution in [2.45, 2.75) is 20.3 Å². The fourth-order valence-corrected chi connectivity index (χ4v) is 2.67. The first-order valence-electron chi connectivity index (χ1n) is 7.08. The maximum atomic E-state index is 12.5. The number of carbonyl (C=O) groups is 2. The standard InChI is InChI=1S/C18H16N2O2/c1-10-7-12(8-11(2)17(10)19)20-15-9-16(21)13-5-3-4-6-14(13)18(15)22/h3-8H,9,19H2,1-2H3. The minimum atomic E-state index is -0.178. The van der Waals surface area contributed by atoms with E-state index < -0.39 is 0 Å². The number of ketones is 2. The summed E-state index contributed by atoms with van der Waals surface area (Å²) in [7, 11) is 0. The lowest BCUT2D eigenvalue weighted by atomic mass is 9.88. The van der Waals surface area contributed by atoms with Crippen molar-refractivity contribution in [3.8, 4) is 0 Å². The second-order valence-corrected chi connectivity index (χ2v) is 5.53. The van der Waals surface area contributed by atoms with Gasteiger partial charge in [-0.05, 0) is 37.1 Å². The maximum absolute atomic E-state index is 12.5. The van der Waals surface area contributed by atoms with Gasteiger partial charge in [0, 0.05) is 16.8 Å². The van der Waals surface area contributed by atoms with Gasteiger partial charge in [0.2, 0.25) is 5.78 Å². The molecule has 0 saturated carbocycles. The molecule has 0 aliphatic heterocycles. The first kappa shape index (κ1) is 14.2. The molecule has 0 bridgehead atoms. The molecule has 22 heavy (non-hydrogen) atoms. The van der Waals surface area contributed by atoms with Crippen LogP contribution in [0.5, 0.6) is 0 Å². The van der Waals surface area contributed by atoms with Crippen molar-refractivity contribution >= 4 is 28.7 Å². The van der Waals surface area contributed by atoms with E-state index in [0.717, 1.165) is 16.8 Å². The zero-order chi connectivity index (χ0) is 15.9. The Labute approximate surface area is 128 Å². The van der Waals surface area contributed by atoms with E-state index in [4.69, 9.17) is 5.73 Å². The molecule has 0 radical (unpaired) electrons. The highest BCUT2D eigenvalue weighted by Gasteiger charge is 2.28. The lowest BCUT2D eigenvalue weighted by molar-refractivity contribution is 0.0965.